The molecular weight excluding hydrogens is 547 g/mol. The first-order valence-corrected chi connectivity index (χ1v) is 12.6. The zero-order valence-corrected chi connectivity index (χ0v) is 22.0. The third kappa shape index (κ3) is 6.28. The van der Waals surface area contributed by atoms with Crippen LogP contribution in [0.2, 0.25) is 10.0 Å². The number of carbonyl (C=O) groups is 3. The molecule has 3 aromatic rings. The summed E-state index contributed by atoms with van der Waals surface area (Å²) >= 11 is 13.1. The van der Waals surface area contributed by atoms with Crippen LogP contribution in [-0.2, 0) is 17.8 Å². The van der Waals surface area contributed by atoms with Gasteiger partial charge in [-0.1, -0.05) is 29.3 Å². The summed E-state index contributed by atoms with van der Waals surface area (Å²) in [5.74, 6) is -0.773. The highest BCUT2D eigenvalue weighted by Crippen LogP contribution is 2.35. The van der Waals surface area contributed by atoms with Gasteiger partial charge in [-0.2, -0.15) is 10.4 Å². The molecule has 4 rings (SSSR count). The summed E-state index contributed by atoms with van der Waals surface area (Å²) in [4.78, 5) is 43.5. The van der Waals surface area contributed by atoms with Gasteiger partial charge in [0.25, 0.3) is 11.8 Å². The summed E-state index contributed by atoms with van der Waals surface area (Å²) in [6.07, 6.45) is 4.28. The minimum Gasteiger partial charge on any atom is -0.395 e. The minimum absolute atomic E-state index is 0.0196. The number of aromatic nitrogens is 2. The van der Waals surface area contributed by atoms with Crippen molar-refractivity contribution in [3.8, 4) is 6.19 Å². The van der Waals surface area contributed by atoms with Crippen LogP contribution in [0.4, 0.5) is 0 Å². The number of guanidine groups is 1. The summed E-state index contributed by atoms with van der Waals surface area (Å²) in [5.41, 5.74) is 2.73. The molecule has 1 aliphatic rings. The molecule has 0 bridgehead atoms. The van der Waals surface area contributed by atoms with Gasteiger partial charge in [-0.15, -0.1) is 0 Å². The second kappa shape index (κ2) is 12.6. The number of aliphatic imine (C=N–C) groups is 1. The maximum atomic E-state index is 13.2. The molecule has 2 amide bonds. The van der Waals surface area contributed by atoms with Gasteiger partial charge in [-0.3, -0.25) is 20.0 Å². The Morgan fingerprint density at radius 3 is 2.90 bits per heavy atom. The average Bonchev–Trinajstić information content (AvgIpc) is 3.41. The molecule has 0 spiro atoms. The van der Waals surface area contributed by atoms with Gasteiger partial charge in [0.05, 0.1) is 40.5 Å². The standard InChI is InChI=1S/C25H24Cl2N8O4/c26-19-7-16-11-35(24(39)14-1-2-15-9-32-34-20(15)8-14)5-3-18(16)22(27)21(19)23(38)33-17(12-37)10-30-25(31-13-28)29-4-6-36/h1-2,7-9,12,17,36H,3-6,10-11H2,(H,32,34)(H,33,38)(H2,29,30,31)/t17-/m0/s1. The number of nitrogens with zero attached hydrogens (tertiary/aromatic N) is 4. The van der Waals surface area contributed by atoms with Crippen LogP contribution < -0.4 is 16.0 Å². The van der Waals surface area contributed by atoms with E-state index < -0.39 is 11.9 Å². The van der Waals surface area contributed by atoms with E-state index >= 15 is 0 Å². The van der Waals surface area contributed by atoms with Gasteiger partial charge in [0.2, 0.25) is 5.96 Å². The number of nitriles is 1. The van der Waals surface area contributed by atoms with Crippen LogP contribution in [0.1, 0.15) is 31.8 Å². The first kappa shape index (κ1) is 27.8. The van der Waals surface area contributed by atoms with E-state index in [2.05, 4.69) is 31.1 Å². The molecule has 0 saturated carbocycles. The number of nitrogens with one attached hydrogen (secondary N) is 4. The Morgan fingerprint density at radius 1 is 1.33 bits per heavy atom. The summed E-state index contributed by atoms with van der Waals surface area (Å²) in [7, 11) is 0. The van der Waals surface area contributed by atoms with Crippen molar-refractivity contribution in [3.63, 3.8) is 0 Å². The van der Waals surface area contributed by atoms with E-state index in [0.717, 1.165) is 16.5 Å². The smallest absolute Gasteiger partial charge is 0.254 e. The van der Waals surface area contributed by atoms with Crippen molar-refractivity contribution in [1.29, 1.82) is 5.26 Å². The van der Waals surface area contributed by atoms with E-state index in [9.17, 15) is 14.4 Å². The molecule has 0 saturated heterocycles. The van der Waals surface area contributed by atoms with Gasteiger partial charge in [-0.05, 0) is 35.7 Å². The predicted octanol–water partition coefficient (Wildman–Crippen LogP) is 1.37. The Bertz CT molecular complexity index is 1480. The van der Waals surface area contributed by atoms with Crippen LogP contribution in [-0.4, -0.2) is 76.5 Å². The van der Waals surface area contributed by atoms with Crippen molar-refractivity contribution in [3.05, 3.63) is 62.8 Å². The number of aldehydes is 1. The third-order valence-electron chi connectivity index (χ3n) is 6.11. The van der Waals surface area contributed by atoms with Crippen molar-refractivity contribution < 1.29 is 19.5 Å². The molecule has 39 heavy (non-hydrogen) atoms. The number of aliphatic hydroxyl groups is 1. The average molecular weight is 571 g/mol. The third-order valence-corrected chi connectivity index (χ3v) is 6.83. The number of fused-ring (bicyclic) bond motifs is 2. The molecule has 0 radical (unpaired) electrons. The Labute approximate surface area is 233 Å². The minimum atomic E-state index is -1.03. The van der Waals surface area contributed by atoms with Gasteiger partial charge >= 0.3 is 0 Å². The largest absolute Gasteiger partial charge is 0.395 e. The molecule has 2 aromatic carbocycles. The Kier molecular flexibility index (Phi) is 8.98. The van der Waals surface area contributed by atoms with Crippen molar-refractivity contribution in [2.45, 2.75) is 19.0 Å². The molecular formula is C25H24Cl2N8O4. The zero-order chi connectivity index (χ0) is 27.9. The molecule has 202 valence electrons. The fourth-order valence-electron chi connectivity index (χ4n) is 4.21. The maximum absolute atomic E-state index is 13.2. The molecule has 14 heteroatoms. The van der Waals surface area contributed by atoms with Gasteiger partial charge < -0.3 is 25.4 Å². The summed E-state index contributed by atoms with van der Waals surface area (Å²) in [5, 5.41) is 33.2. The number of aromatic amines is 1. The molecule has 12 nitrogen and oxygen atoms in total. The van der Waals surface area contributed by atoms with Gasteiger partial charge in [0.1, 0.15) is 12.3 Å². The molecule has 0 aliphatic carbocycles. The Hall–Kier alpha value is -4.18. The molecule has 0 unspecified atom stereocenters. The van der Waals surface area contributed by atoms with Crippen LogP contribution in [0.3, 0.4) is 0 Å². The number of benzene rings is 2. The number of hydrogen-bond donors (Lipinski definition) is 5. The van der Waals surface area contributed by atoms with E-state index in [0.29, 0.717) is 30.4 Å². The van der Waals surface area contributed by atoms with Crippen LogP contribution in [0.15, 0.2) is 35.5 Å². The van der Waals surface area contributed by atoms with Gasteiger partial charge in [0, 0.05) is 30.6 Å². The van der Waals surface area contributed by atoms with Crippen molar-refractivity contribution in [2.75, 3.05) is 26.2 Å². The van der Waals surface area contributed by atoms with E-state index in [1.807, 2.05) is 6.07 Å². The SMILES string of the molecule is N#CNC(=NC[C@@H](C=O)NC(=O)c1c(Cl)cc2c(c1Cl)CCN(C(=O)c1ccc3cn[nH]c3c1)C2)NCCO. The Balaban J connectivity index is 1.48. The number of amides is 2. The number of carbonyl (C=O) groups excluding carboxylic acids is 3. The van der Waals surface area contributed by atoms with E-state index in [1.54, 1.807) is 35.5 Å². The Morgan fingerprint density at radius 2 is 2.15 bits per heavy atom. The zero-order valence-electron chi connectivity index (χ0n) is 20.5. The van der Waals surface area contributed by atoms with Crippen molar-refractivity contribution in [2.24, 2.45) is 4.99 Å². The van der Waals surface area contributed by atoms with Crippen LogP contribution in [0, 0.1) is 11.5 Å². The first-order chi connectivity index (χ1) is 18.9. The topological polar surface area (TPSA) is 176 Å². The second-order valence-corrected chi connectivity index (χ2v) is 9.41. The van der Waals surface area contributed by atoms with E-state index in [-0.39, 0.29) is 53.7 Å². The highest BCUT2D eigenvalue weighted by atomic mass is 35.5. The molecule has 2 heterocycles. The lowest BCUT2D eigenvalue weighted by Crippen LogP contribution is -2.41. The molecule has 1 aliphatic heterocycles. The maximum Gasteiger partial charge on any atom is 0.254 e. The molecule has 5 N–H and O–H groups in total. The second-order valence-electron chi connectivity index (χ2n) is 8.63. The normalized spacial score (nSPS) is 13.8. The van der Waals surface area contributed by atoms with Crippen molar-refractivity contribution >= 4 is 58.2 Å². The highest BCUT2D eigenvalue weighted by molar-refractivity contribution is 6.40. The molecule has 1 atom stereocenters. The molecule has 0 fully saturated rings. The highest BCUT2D eigenvalue weighted by Gasteiger charge is 2.28. The summed E-state index contributed by atoms with van der Waals surface area (Å²) < 4.78 is 0. The van der Waals surface area contributed by atoms with Crippen LogP contribution in [0.25, 0.3) is 10.9 Å². The van der Waals surface area contributed by atoms with Gasteiger partial charge in [-0.25, -0.2) is 4.99 Å². The quantitative estimate of drug-likeness (QED) is 0.0886. The number of aliphatic hydroxyl groups excluding tert-OH is 1. The summed E-state index contributed by atoms with van der Waals surface area (Å²) in [6, 6.07) is 5.90. The summed E-state index contributed by atoms with van der Waals surface area (Å²) in [6.45, 7) is 0.407. The van der Waals surface area contributed by atoms with Crippen molar-refractivity contribution in [1.82, 2.24) is 31.0 Å². The fraction of sp³-hybridized carbons (Fsp3) is 0.280. The number of hydrogen-bond acceptors (Lipinski definition) is 7. The van der Waals surface area contributed by atoms with Crippen LogP contribution >= 0.6 is 23.2 Å². The number of halogens is 2. The number of rotatable bonds is 8. The van der Waals surface area contributed by atoms with E-state index in [1.165, 1.54) is 0 Å². The van der Waals surface area contributed by atoms with E-state index in [4.69, 9.17) is 33.6 Å². The number of H-pyrrole nitrogens is 1. The first-order valence-electron chi connectivity index (χ1n) is 11.9. The van der Waals surface area contributed by atoms with Gasteiger partial charge in [0.15, 0.2) is 6.19 Å². The van der Waals surface area contributed by atoms with Crippen LogP contribution in [0.5, 0.6) is 0 Å². The predicted molar refractivity (Wildman–Crippen MR) is 144 cm³/mol. The lowest BCUT2D eigenvalue weighted by Gasteiger charge is -2.30. The monoisotopic (exact) mass is 570 g/mol. The fourth-order valence-corrected chi connectivity index (χ4v) is 4.97. The lowest BCUT2D eigenvalue weighted by molar-refractivity contribution is -0.109. The molecule has 1 aromatic heterocycles. The lowest BCUT2D eigenvalue weighted by atomic mass is 9.96.